The molecule has 0 radical (unpaired) electrons. The van der Waals surface area contributed by atoms with Crippen LogP contribution in [0.3, 0.4) is 0 Å². The third kappa shape index (κ3) is 1.92. The molecule has 102 valence electrons. The number of aryl methyl sites for hydroxylation is 1. The van der Waals surface area contributed by atoms with E-state index in [2.05, 4.69) is 27.1 Å². The maximum Gasteiger partial charge on any atom is 0.139 e. The van der Waals surface area contributed by atoms with Crippen LogP contribution in [-0.2, 0) is 0 Å². The number of para-hydroxylation sites is 1. The van der Waals surface area contributed by atoms with E-state index in [1.807, 2.05) is 43.3 Å². The first-order chi connectivity index (χ1) is 10.2. The summed E-state index contributed by atoms with van der Waals surface area (Å²) in [7, 11) is 0. The maximum absolute atomic E-state index is 5.83. The minimum Gasteiger partial charge on any atom is -0.399 e. The Balaban J connectivity index is 2.03. The van der Waals surface area contributed by atoms with Gasteiger partial charge in [-0.2, -0.15) is 0 Å². The molecule has 0 aliphatic carbocycles. The van der Waals surface area contributed by atoms with E-state index in [9.17, 15) is 0 Å². The topological polar surface area (TPSA) is 67.6 Å². The summed E-state index contributed by atoms with van der Waals surface area (Å²) in [4.78, 5) is 12.6. The quantitative estimate of drug-likeness (QED) is 0.520. The van der Waals surface area contributed by atoms with E-state index in [-0.39, 0.29) is 0 Å². The Hall–Kier alpha value is -2.88. The van der Waals surface area contributed by atoms with Crippen molar-refractivity contribution in [2.24, 2.45) is 0 Å². The molecular formula is C17H14N4. The van der Waals surface area contributed by atoms with Gasteiger partial charge in [0, 0.05) is 22.3 Å². The number of fused-ring (bicyclic) bond motifs is 2. The van der Waals surface area contributed by atoms with E-state index >= 15 is 0 Å². The summed E-state index contributed by atoms with van der Waals surface area (Å²) < 4.78 is 0. The van der Waals surface area contributed by atoms with Crippen molar-refractivity contribution < 1.29 is 0 Å². The van der Waals surface area contributed by atoms with Crippen molar-refractivity contribution in [1.82, 2.24) is 15.0 Å². The highest BCUT2D eigenvalue weighted by molar-refractivity contribution is 5.95. The smallest absolute Gasteiger partial charge is 0.139 e. The van der Waals surface area contributed by atoms with Crippen LogP contribution in [0.4, 0.5) is 5.69 Å². The second-order valence-electron chi connectivity index (χ2n) is 5.19. The summed E-state index contributed by atoms with van der Waals surface area (Å²) in [5, 5.41) is 1.09. The van der Waals surface area contributed by atoms with E-state index in [0.717, 1.165) is 44.7 Å². The van der Waals surface area contributed by atoms with Crippen LogP contribution in [-0.4, -0.2) is 15.0 Å². The number of aromatic nitrogens is 3. The molecule has 4 aromatic rings. The molecule has 0 unspecified atom stereocenters. The molecular weight excluding hydrogens is 260 g/mol. The molecule has 0 amide bonds. The molecule has 0 spiro atoms. The number of hydrogen-bond acceptors (Lipinski definition) is 3. The highest BCUT2D eigenvalue weighted by Gasteiger charge is 2.10. The van der Waals surface area contributed by atoms with Gasteiger partial charge < -0.3 is 10.7 Å². The van der Waals surface area contributed by atoms with Crippen molar-refractivity contribution >= 4 is 27.6 Å². The Kier molecular flexibility index (Phi) is 2.44. The summed E-state index contributed by atoms with van der Waals surface area (Å²) in [6, 6.07) is 15.9. The Morgan fingerprint density at radius 1 is 0.952 bits per heavy atom. The van der Waals surface area contributed by atoms with Crippen LogP contribution in [0.2, 0.25) is 0 Å². The third-order valence-corrected chi connectivity index (χ3v) is 3.61. The molecule has 4 nitrogen and oxygen atoms in total. The molecule has 0 aliphatic heterocycles. The van der Waals surface area contributed by atoms with Crippen molar-refractivity contribution in [2.45, 2.75) is 6.92 Å². The van der Waals surface area contributed by atoms with E-state index in [0.29, 0.717) is 0 Å². The Labute approximate surface area is 121 Å². The number of benzene rings is 2. The molecule has 3 N–H and O–H groups in total. The molecule has 0 saturated heterocycles. The fraction of sp³-hybridized carbons (Fsp3) is 0.0588. The molecule has 2 aromatic carbocycles. The van der Waals surface area contributed by atoms with Gasteiger partial charge in [-0.15, -0.1) is 0 Å². The van der Waals surface area contributed by atoms with Crippen LogP contribution < -0.4 is 5.73 Å². The predicted molar refractivity (Wildman–Crippen MR) is 86.0 cm³/mol. The molecule has 0 aliphatic rings. The average molecular weight is 274 g/mol. The van der Waals surface area contributed by atoms with Crippen LogP contribution in [0.1, 0.15) is 5.69 Å². The van der Waals surface area contributed by atoms with Crippen LogP contribution in [0.15, 0.2) is 48.5 Å². The van der Waals surface area contributed by atoms with Crippen LogP contribution in [0.25, 0.3) is 33.3 Å². The molecule has 0 saturated carbocycles. The molecule has 2 aromatic heterocycles. The number of nitrogen functional groups attached to an aromatic ring is 1. The van der Waals surface area contributed by atoms with Gasteiger partial charge in [0.25, 0.3) is 0 Å². The monoisotopic (exact) mass is 274 g/mol. The molecule has 0 fully saturated rings. The number of imidazole rings is 1. The summed E-state index contributed by atoms with van der Waals surface area (Å²) in [6.07, 6.45) is 0. The van der Waals surface area contributed by atoms with Crippen molar-refractivity contribution in [2.75, 3.05) is 5.73 Å². The number of nitrogens with two attached hydrogens (primary N) is 1. The first kappa shape index (κ1) is 11.9. The first-order valence-electron chi connectivity index (χ1n) is 6.83. The van der Waals surface area contributed by atoms with Gasteiger partial charge in [-0.05, 0) is 37.3 Å². The lowest BCUT2D eigenvalue weighted by molar-refractivity contribution is 1.24. The Morgan fingerprint density at radius 2 is 1.81 bits per heavy atom. The zero-order chi connectivity index (χ0) is 14.4. The second kappa shape index (κ2) is 4.31. The minimum absolute atomic E-state index is 0.730. The summed E-state index contributed by atoms with van der Waals surface area (Å²) in [5.41, 5.74) is 11.4. The maximum atomic E-state index is 5.83. The number of pyridine rings is 1. The predicted octanol–water partition coefficient (Wildman–Crippen LogP) is 3.67. The molecule has 2 heterocycles. The fourth-order valence-electron chi connectivity index (χ4n) is 2.66. The van der Waals surface area contributed by atoms with E-state index in [4.69, 9.17) is 5.73 Å². The largest absolute Gasteiger partial charge is 0.399 e. The number of nitrogens with zero attached hydrogens (tertiary/aromatic N) is 2. The van der Waals surface area contributed by atoms with Crippen LogP contribution >= 0.6 is 0 Å². The van der Waals surface area contributed by atoms with Gasteiger partial charge in [-0.1, -0.05) is 18.2 Å². The van der Waals surface area contributed by atoms with Crippen molar-refractivity contribution in [3.05, 3.63) is 54.2 Å². The van der Waals surface area contributed by atoms with Crippen LogP contribution in [0, 0.1) is 6.92 Å². The van der Waals surface area contributed by atoms with Crippen LogP contribution in [0.5, 0.6) is 0 Å². The molecule has 0 atom stereocenters. The van der Waals surface area contributed by atoms with Gasteiger partial charge in [-0.25, -0.2) is 4.98 Å². The number of H-pyrrole nitrogens is 1. The molecule has 4 heteroatoms. The third-order valence-electron chi connectivity index (χ3n) is 3.61. The number of hydrogen-bond donors (Lipinski definition) is 2. The first-order valence-corrected chi connectivity index (χ1v) is 6.83. The average Bonchev–Trinajstić information content (AvgIpc) is 2.89. The van der Waals surface area contributed by atoms with Gasteiger partial charge in [0.15, 0.2) is 0 Å². The summed E-state index contributed by atoms with van der Waals surface area (Å²) in [6.45, 7) is 2.00. The minimum atomic E-state index is 0.730. The molecule has 21 heavy (non-hydrogen) atoms. The lowest BCUT2D eigenvalue weighted by atomic mass is 10.1. The number of rotatable bonds is 1. The number of anilines is 1. The van der Waals surface area contributed by atoms with Crippen molar-refractivity contribution in [3.63, 3.8) is 0 Å². The number of nitrogens with one attached hydrogen (secondary N) is 1. The van der Waals surface area contributed by atoms with Gasteiger partial charge in [0.1, 0.15) is 5.82 Å². The molecule has 0 bridgehead atoms. The zero-order valence-electron chi connectivity index (χ0n) is 11.6. The van der Waals surface area contributed by atoms with E-state index in [1.54, 1.807) is 0 Å². The SMILES string of the molecule is Cc1cc(-c2nc3ccc(N)cc3[nH]2)c2ccccc2n1. The Morgan fingerprint density at radius 3 is 2.71 bits per heavy atom. The fourth-order valence-corrected chi connectivity index (χ4v) is 2.66. The van der Waals surface area contributed by atoms with Gasteiger partial charge in [0.05, 0.1) is 16.6 Å². The zero-order valence-corrected chi connectivity index (χ0v) is 11.6. The normalized spacial score (nSPS) is 11.3. The van der Waals surface area contributed by atoms with E-state index < -0.39 is 0 Å². The summed E-state index contributed by atoms with van der Waals surface area (Å²) in [5.74, 6) is 0.845. The lowest BCUT2D eigenvalue weighted by Gasteiger charge is -2.05. The second-order valence-corrected chi connectivity index (χ2v) is 5.19. The van der Waals surface area contributed by atoms with Gasteiger partial charge in [0.2, 0.25) is 0 Å². The lowest BCUT2D eigenvalue weighted by Crippen LogP contribution is -1.89. The molecule has 4 rings (SSSR count). The van der Waals surface area contributed by atoms with Crippen molar-refractivity contribution in [1.29, 1.82) is 0 Å². The highest BCUT2D eigenvalue weighted by Crippen LogP contribution is 2.28. The highest BCUT2D eigenvalue weighted by atomic mass is 14.9. The standard InChI is InChI=1S/C17H14N4/c1-10-8-13(12-4-2-3-5-14(12)19-10)17-20-15-7-6-11(18)9-16(15)21-17/h2-9H,18H2,1H3,(H,20,21). The van der Waals surface area contributed by atoms with E-state index in [1.165, 1.54) is 0 Å². The van der Waals surface area contributed by atoms with Crippen molar-refractivity contribution in [3.8, 4) is 11.4 Å². The van der Waals surface area contributed by atoms with Gasteiger partial charge in [-0.3, -0.25) is 4.98 Å². The Bertz CT molecular complexity index is 969. The summed E-state index contributed by atoms with van der Waals surface area (Å²) >= 11 is 0. The number of aromatic amines is 1. The van der Waals surface area contributed by atoms with Gasteiger partial charge >= 0.3 is 0 Å².